The van der Waals surface area contributed by atoms with Gasteiger partial charge in [0, 0.05) is 12.2 Å². The summed E-state index contributed by atoms with van der Waals surface area (Å²) in [5, 5.41) is 9.92. The number of methoxy groups -OCH3 is 2. The van der Waals surface area contributed by atoms with Gasteiger partial charge in [-0.05, 0) is 25.1 Å². The van der Waals surface area contributed by atoms with Crippen LogP contribution in [0.4, 0.5) is 0 Å². The molecule has 0 heterocycles. The number of hydrogen-bond donors (Lipinski definition) is 1. The van der Waals surface area contributed by atoms with Gasteiger partial charge in [0.15, 0.2) is 0 Å². The number of hydrogen-bond acceptors (Lipinski definition) is 4. The van der Waals surface area contributed by atoms with Gasteiger partial charge in [0.25, 0.3) is 0 Å². The van der Waals surface area contributed by atoms with Crippen molar-refractivity contribution in [2.45, 2.75) is 13.0 Å². The number of benzene rings is 1. The summed E-state index contributed by atoms with van der Waals surface area (Å²) in [7, 11) is 3.15. The predicted molar refractivity (Wildman–Crippen MR) is 61.0 cm³/mol. The topological polar surface area (TPSA) is 47.9 Å². The zero-order valence-electron chi connectivity index (χ0n) is 9.90. The Balaban J connectivity index is 2.89. The van der Waals surface area contributed by atoms with Crippen LogP contribution in [-0.2, 0) is 4.74 Å². The minimum Gasteiger partial charge on any atom is -0.497 e. The Morgan fingerprint density at radius 2 is 2.00 bits per heavy atom. The maximum Gasteiger partial charge on any atom is 0.125 e. The largest absolute Gasteiger partial charge is 0.497 e. The fourth-order valence-corrected chi connectivity index (χ4v) is 1.42. The Bertz CT molecular complexity index is 325. The number of ether oxygens (including phenoxy) is 3. The first-order valence-corrected chi connectivity index (χ1v) is 5.20. The van der Waals surface area contributed by atoms with Gasteiger partial charge in [-0.1, -0.05) is 0 Å². The number of rotatable bonds is 6. The fourth-order valence-electron chi connectivity index (χ4n) is 1.42. The van der Waals surface area contributed by atoms with Crippen molar-refractivity contribution < 1.29 is 19.3 Å². The van der Waals surface area contributed by atoms with E-state index in [9.17, 15) is 5.11 Å². The number of aliphatic hydroxyl groups is 1. The molecule has 0 spiro atoms. The van der Waals surface area contributed by atoms with Crippen molar-refractivity contribution >= 4 is 0 Å². The molecule has 4 nitrogen and oxygen atoms in total. The third kappa shape index (κ3) is 3.12. The van der Waals surface area contributed by atoms with E-state index in [0.717, 1.165) is 0 Å². The molecule has 0 amide bonds. The van der Waals surface area contributed by atoms with Crippen molar-refractivity contribution in [2.24, 2.45) is 0 Å². The van der Waals surface area contributed by atoms with Gasteiger partial charge in [-0.25, -0.2) is 0 Å². The van der Waals surface area contributed by atoms with E-state index in [1.165, 1.54) is 0 Å². The van der Waals surface area contributed by atoms with E-state index in [1.807, 2.05) is 6.92 Å². The van der Waals surface area contributed by atoms with Crippen LogP contribution in [0.25, 0.3) is 0 Å². The van der Waals surface area contributed by atoms with Gasteiger partial charge in [0.05, 0.1) is 20.8 Å². The Hall–Kier alpha value is -1.26. The SMILES string of the molecule is CCOCC(O)c1cc(OC)ccc1OC. The second-order valence-corrected chi connectivity index (χ2v) is 3.28. The third-order valence-electron chi connectivity index (χ3n) is 2.28. The smallest absolute Gasteiger partial charge is 0.125 e. The second-order valence-electron chi connectivity index (χ2n) is 3.28. The lowest BCUT2D eigenvalue weighted by Gasteiger charge is -2.15. The Morgan fingerprint density at radius 3 is 2.56 bits per heavy atom. The molecule has 0 saturated carbocycles. The van der Waals surface area contributed by atoms with Crippen molar-refractivity contribution in [3.63, 3.8) is 0 Å². The Labute approximate surface area is 95.8 Å². The van der Waals surface area contributed by atoms with Crippen LogP contribution in [0, 0.1) is 0 Å². The molecule has 0 saturated heterocycles. The fraction of sp³-hybridized carbons (Fsp3) is 0.500. The summed E-state index contributed by atoms with van der Waals surface area (Å²) >= 11 is 0. The van der Waals surface area contributed by atoms with Crippen LogP contribution in [0.2, 0.25) is 0 Å². The standard InChI is InChI=1S/C12H18O4/c1-4-16-8-11(13)10-7-9(14-2)5-6-12(10)15-3/h5-7,11,13H,4,8H2,1-3H3. The zero-order chi connectivity index (χ0) is 12.0. The highest BCUT2D eigenvalue weighted by molar-refractivity contribution is 5.41. The van der Waals surface area contributed by atoms with Gasteiger partial charge >= 0.3 is 0 Å². The molecule has 0 fully saturated rings. The monoisotopic (exact) mass is 226 g/mol. The molecule has 0 bridgehead atoms. The van der Waals surface area contributed by atoms with E-state index >= 15 is 0 Å². The van der Waals surface area contributed by atoms with Crippen LogP contribution in [0.3, 0.4) is 0 Å². The van der Waals surface area contributed by atoms with Crippen molar-refractivity contribution in [1.82, 2.24) is 0 Å². The van der Waals surface area contributed by atoms with Crippen LogP contribution >= 0.6 is 0 Å². The van der Waals surface area contributed by atoms with Crippen molar-refractivity contribution in [3.8, 4) is 11.5 Å². The van der Waals surface area contributed by atoms with Gasteiger partial charge in [-0.3, -0.25) is 0 Å². The van der Waals surface area contributed by atoms with Gasteiger partial charge in [0.2, 0.25) is 0 Å². The van der Waals surface area contributed by atoms with Crippen molar-refractivity contribution in [2.75, 3.05) is 27.4 Å². The molecule has 1 aromatic rings. The maximum atomic E-state index is 9.92. The molecule has 90 valence electrons. The molecule has 0 aromatic heterocycles. The Morgan fingerprint density at radius 1 is 1.25 bits per heavy atom. The van der Waals surface area contributed by atoms with Gasteiger partial charge in [0.1, 0.15) is 17.6 Å². The van der Waals surface area contributed by atoms with E-state index in [4.69, 9.17) is 14.2 Å². The van der Waals surface area contributed by atoms with E-state index in [-0.39, 0.29) is 6.61 Å². The summed E-state index contributed by atoms with van der Waals surface area (Å²) in [5.74, 6) is 1.32. The van der Waals surface area contributed by atoms with Crippen LogP contribution in [0.1, 0.15) is 18.6 Å². The van der Waals surface area contributed by atoms with Crippen molar-refractivity contribution in [1.29, 1.82) is 0 Å². The maximum absolute atomic E-state index is 9.92. The van der Waals surface area contributed by atoms with Gasteiger partial charge in [-0.2, -0.15) is 0 Å². The lowest BCUT2D eigenvalue weighted by atomic mass is 10.1. The molecule has 1 unspecified atom stereocenters. The van der Waals surface area contributed by atoms with Crippen LogP contribution < -0.4 is 9.47 Å². The molecule has 1 N–H and O–H groups in total. The number of aliphatic hydroxyl groups excluding tert-OH is 1. The van der Waals surface area contributed by atoms with Gasteiger partial charge in [-0.15, -0.1) is 0 Å². The first kappa shape index (κ1) is 12.8. The van der Waals surface area contributed by atoms with E-state index < -0.39 is 6.10 Å². The van der Waals surface area contributed by atoms with E-state index in [2.05, 4.69) is 0 Å². The third-order valence-corrected chi connectivity index (χ3v) is 2.28. The highest BCUT2D eigenvalue weighted by atomic mass is 16.5. The average Bonchev–Trinajstić information content (AvgIpc) is 2.35. The first-order valence-electron chi connectivity index (χ1n) is 5.20. The average molecular weight is 226 g/mol. The Kier molecular flexibility index (Phi) is 5.08. The molecular weight excluding hydrogens is 208 g/mol. The molecule has 0 radical (unpaired) electrons. The highest BCUT2D eigenvalue weighted by Crippen LogP contribution is 2.29. The molecule has 0 aliphatic carbocycles. The molecular formula is C12H18O4. The zero-order valence-corrected chi connectivity index (χ0v) is 9.90. The molecule has 1 atom stereocenters. The summed E-state index contributed by atoms with van der Waals surface area (Å²) in [6.45, 7) is 2.71. The summed E-state index contributed by atoms with van der Waals surface area (Å²) in [4.78, 5) is 0. The highest BCUT2D eigenvalue weighted by Gasteiger charge is 2.14. The van der Waals surface area contributed by atoms with E-state index in [0.29, 0.717) is 23.7 Å². The van der Waals surface area contributed by atoms with E-state index in [1.54, 1.807) is 32.4 Å². The summed E-state index contributed by atoms with van der Waals surface area (Å²) in [6, 6.07) is 5.31. The minimum absolute atomic E-state index is 0.250. The van der Waals surface area contributed by atoms with Crippen LogP contribution in [0.15, 0.2) is 18.2 Å². The molecule has 4 heteroatoms. The normalized spacial score (nSPS) is 12.2. The van der Waals surface area contributed by atoms with Crippen molar-refractivity contribution in [3.05, 3.63) is 23.8 Å². The lowest BCUT2D eigenvalue weighted by molar-refractivity contribution is 0.0406. The summed E-state index contributed by atoms with van der Waals surface area (Å²) in [5.41, 5.74) is 0.676. The van der Waals surface area contributed by atoms with Crippen LogP contribution in [-0.4, -0.2) is 32.5 Å². The van der Waals surface area contributed by atoms with Crippen LogP contribution in [0.5, 0.6) is 11.5 Å². The quantitative estimate of drug-likeness (QED) is 0.803. The van der Waals surface area contributed by atoms with Gasteiger partial charge < -0.3 is 19.3 Å². The minimum atomic E-state index is -0.704. The second kappa shape index (κ2) is 6.35. The molecule has 0 aliphatic rings. The molecule has 16 heavy (non-hydrogen) atoms. The molecule has 1 rings (SSSR count). The summed E-state index contributed by atoms with van der Waals surface area (Å²) in [6.07, 6.45) is -0.704. The molecule has 0 aliphatic heterocycles. The lowest BCUT2D eigenvalue weighted by Crippen LogP contribution is -2.08. The first-order chi connectivity index (χ1) is 7.72. The summed E-state index contributed by atoms with van der Waals surface area (Å²) < 4.78 is 15.5. The molecule has 1 aromatic carbocycles. The predicted octanol–water partition coefficient (Wildman–Crippen LogP) is 1.77.